The van der Waals surface area contributed by atoms with E-state index in [1.807, 2.05) is 97.1 Å². The zero-order chi connectivity index (χ0) is 54.6. The van der Waals surface area contributed by atoms with Gasteiger partial charge >= 0.3 is 5.97 Å². The lowest BCUT2D eigenvalue weighted by molar-refractivity contribution is -0.140. The minimum absolute atomic E-state index is 0.0329. The van der Waals surface area contributed by atoms with Crippen LogP contribution in [0.1, 0.15) is 113 Å². The molecular formula is C56H52Br4N8O6. The van der Waals surface area contributed by atoms with E-state index in [1.54, 1.807) is 34.6 Å². The van der Waals surface area contributed by atoms with Crippen molar-refractivity contribution in [2.45, 2.75) is 90.9 Å². The van der Waals surface area contributed by atoms with Gasteiger partial charge < -0.3 is 26.0 Å². The highest BCUT2D eigenvalue weighted by atomic mass is 79.9. The normalized spacial score (nSPS) is 18.8. The second-order valence-electron chi connectivity index (χ2n) is 17.0. The van der Waals surface area contributed by atoms with Crippen molar-refractivity contribution in [2.24, 2.45) is 0 Å². The maximum absolute atomic E-state index is 11.5. The predicted molar refractivity (Wildman–Crippen MR) is 294 cm³/mol. The number of nitrogens with zero attached hydrogens (tertiary/aromatic N) is 4. The molecule has 0 aliphatic carbocycles. The third-order valence-corrected chi connectivity index (χ3v) is 13.9. The van der Waals surface area contributed by atoms with Gasteiger partial charge in [0.15, 0.2) is 0 Å². The van der Waals surface area contributed by atoms with Crippen LogP contribution in [0.5, 0.6) is 0 Å². The second-order valence-corrected chi connectivity index (χ2v) is 20.6. The predicted octanol–water partition coefficient (Wildman–Crippen LogP) is 12.0. The fourth-order valence-corrected chi connectivity index (χ4v) is 9.33. The average molecular weight is 1250 g/mol. The highest BCUT2D eigenvalue weighted by Crippen LogP contribution is 2.36. The Hall–Kier alpha value is -6.93. The van der Waals surface area contributed by atoms with E-state index in [-0.39, 0.29) is 53.3 Å². The molecule has 4 heterocycles. The van der Waals surface area contributed by atoms with Crippen LogP contribution < -0.4 is 21.3 Å². The van der Waals surface area contributed by atoms with E-state index in [9.17, 15) is 24.0 Å². The van der Waals surface area contributed by atoms with E-state index in [0.29, 0.717) is 77.4 Å². The zero-order valence-corrected chi connectivity index (χ0v) is 47.7. The quantitative estimate of drug-likeness (QED) is 0.138. The van der Waals surface area contributed by atoms with Crippen LogP contribution in [-0.2, 0) is 28.7 Å². The molecule has 4 atom stereocenters. The topological polar surface area (TPSA) is 238 Å². The van der Waals surface area contributed by atoms with Crippen molar-refractivity contribution in [1.29, 1.82) is 21.0 Å². The Bertz CT molecular complexity index is 2650. The fourth-order valence-electron chi connectivity index (χ4n) is 8.27. The summed E-state index contributed by atoms with van der Waals surface area (Å²) in [6, 6.07) is 39.7. The Labute approximate surface area is 465 Å². The number of carbonyl (C=O) groups excluding carboxylic acids is 5. The Morgan fingerprint density at radius 3 is 0.770 bits per heavy atom. The molecule has 8 rings (SSSR count). The largest absolute Gasteiger partial charge is 0.466 e. The van der Waals surface area contributed by atoms with Crippen molar-refractivity contribution >= 4 is 93.3 Å². The lowest BCUT2D eigenvalue weighted by atomic mass is 9.85. The number of hydrogen-bond acceptors (Lipinski definition) is 10. The summed E-state index contributed by atoms with van der Waals surface area (Å²) in [5.74, 6) is -0.836. The van der Waals surface area contributed by atoms with E-state index >= 15 is 0 Å². The summed E-state index contributed by atoms with van der Waals surface area (Å²) in [4.78, 5) is 55.9. The highest BCUT2D eigenvalue weighted by molar-refractivity contribution is 9.11. The molecule has 4 aliphatic rings. The van der Waals surface area contributed by atoms with E-state index in [1.165, 1.54) is 6.92 Å². The van der Waals surface area contributed by atoms with Gasteiger partial charge in [-0.15, -0.1) is 0 Å². The highest BCUT2D eigenvalue weighted by Gasteiger charge is 2.30. The number of amides is 4. The summed E-state index contributed by atoms with van der Waals surface area (Å²) in [7, 11) is 0. The van der Waals surface area contributed by atoms with Crippen molar-refractivity contribution in [3.63, 3.8) is 0 Å². The number of rotatable bonds is 5. The molecule has 0 unspecified atom stereocenters. The molecule has 0 spiro atoms. The molecule has 0 fully saturated rings. The van der Waals surface area contributed by atoms with Crippen LogP contribution in [0, 0.1) is 45.3 Å². The van der Waals surface area contributed by atoms with E-state index < -0.39 is 0 Å². The Kier molecular flexibility index (Phi) is 23.4. The van der Waals surface area contributed by atoms with Gasteiger partial charge in [0.2, 0.25) is 23.6 Å². The van der Waals surface area contributed by atoms with Gasteiger partial charge in [-0.2, -0.15) is 21.0 Å². The number of allylic oxidation sites excluding steroid dienone is 8. The van der Waals surface area contributed by atoms with Gasteiger partial charge in [0.05, 0.1) is 53.2 Å². The lowest BCUT2D eigenvalue weighted by Crippen LogP contribution is -2.30. The Balaban J connectivity index is 0.000000206. The van der Waals surface area contributed by atoms with E-state index in [0.717, 1.165) is 40.1 Å². The smallest absolute Gasteiger partial charge is 0.302 e. The first kappa shape index (κ1) is 59.6. The van der Waals surface area contributed by atoms with Crippen LogP contribution in [0.25, 0.3) is 0 Å². The van der Waals surface area contributed by atoms with Gasteiger partial charge in [0.25, 0.3) is 0 Å². The van der Waals surface area contributed by atoms with Crippen molar-refractivity contribution in [1.82, 2.24) is 21.3 Å². The summed E-state index contributed by atoms with van der Waals surface area (Å²) >= 11 is 13.5. The molecule has 4 aromatic rings. The summed E-state index contributed by atoms with van der Waals surface area (Å²) in [5.41, 5.74) is 9.23. The minimum atomic E-state index is -0.211. The molecule has 0 radical (unpaired) electrons. The van der Waals surface area contributed by atoms with Crippen molar-refractivity contribution < 1.29 is 28.7 Å². The number of hydrogen-bond donors (Lipinski definition) is 4. The van der Waals surface area contributed by atoms with Crippen molar-refractivity contribution in [2.75, 3.05) is 6.61 Å². The number of esters is 1. The van der Waals surface area contributed by atoms with Crippen LogP contribution in [0.2, 0.25) is 0 Å². The second kappa shape index (κ2) is 29.1. The molecule has 4 N–H and O–H groups in total. The molecule has 0 saturated carbocycles. The van der Waals surface area contributed by atoms with Gasteiger partial charge in [-0.05, 0) is 105 Å². The van der Waals surface area contributed by atoms with Gasteiger partial charge in [-0.1, -0.05) is 112 Å². The number of nitrogens with one attached hydrogen (secondary N) is 4. The molecule has 0 saturated heterocycles. The maximum Gasteiger partial charge on any atom is 0.302 e. The minimum Gasteiger partial charge on any atom is -0.466 e. The summed E-state index contributed by atoms with van der Waals surface area (Å²) in [5, 5.41) is 47.5. The summed E-state index contributed by atoms with van der Waals surface area (Å²) < 4.78 is 8.35. The SMILES string of the molecule is CC1=C(C#N)[C@@H](c2ccc(Br)cc2)CC(=O)N1.CC1=C(C#N)[C@@H](c2ccc(Br)cc2)CC(=O)N1.CC1=C(C#N)[C@@H](c2ccc(Br)cc2)CC(=O)N1.CC1=C(C#N)[C@@H](c2ccc(Br)cc2)CC(=O)N1.CCOC(C)=O. The van der Waals surface area contributed by atoms with Crippen LogP contribution in [0.4, 0.5) is 0 Å². The molecule has 4 aliphatic heterocycles. The van der Waals surface area contributed by atoms with E-state index in [4.69, 9.17) is 21.0 Å². The van der Waals surface area contributed by atoms with Gasteiger partial charge in [0.1, 0.15) is 0 Å². The van der Waals surface area contributed by atoms with Crippen LogP contribution in [0.15, 0.2) is 160 Å². The molecule has 18 heteroatoms. The van der Waals surface area contributed by atoms with Crippen molar-refractivity contribution in [3.8, 4) is 24.3 Å². The lowest BCUT2D eigenvalue weighted by Gasteiger charge is -2.23. The molecule has 74 heavy (non-hydrogen) atoms. The maximum atomic E-state index is 11.5. The molecular weight excluding hydrogens is 1200 g/mol. The first-order valence-corrected chi connectivity index (χ1v) is 26.2. The number of halogens is 4. The monoisotopic (exact) mass is 1250 g/mol. The first-order chi connectivity index (χ1) is 35.2. The Morgan fingerprint density at radius 1 is 0.446 bits per heavy atom. The first-order valence-electron chi connectivity index (χ1n) is 23.0. The summed E-state index contributed by atoms with van der Waals surface area (Å²) in [6.45, 7) is 10.7. The number of nitriles is 4. The number of benzene rings is 4. The molecule has 14 nitrogen and oxygen atoms in total. The standard InChI is InChI=1S/4C13H11BrN2O.C4H8O2/c4*1-8-12(7-15)11(6-13(17)16-8)9-2-4-10(14)5-3-9;1-3-6-4(2)5/h4*2-5,11H,6H2,1H3,(H,16,17);3H2,1-2H3/t4*11-;/m1111./s1. The van der Waals surface area contributed by atoms with Crippen molar-refractivity contribution in [3.05, 3.63) is 182 Å². The summed E-state index contributed by atoms with van der Waals surface area (Å²) in [6.07, 6.45) is 1.34. The van der Waals surface area contributed by atoms with E-state index in [2.05, 4.69) is 114 Å². The van der Waals surface area contributed by atoms with Gasteiger partial charge in [0, 0.05) is 97.0 Å². The number of ether oxygens (including phenoxy) is 1. The average Bonchev–Trinajstić information content (AvgIpc) is 3.35. The van der Waals surface area contributed by atoms with Crippen LogP contribution in [0.3, 0.4) is 0 Å². The molecule has 4 aromatic carbocycles. The molecule has 380 valence electrons. The molecule has 4 amide bonds. The van der Waals surface area contributed by atoms with Crippen LogP contribution >= 0.6 is 63.7 Å². The molecule has 0 aromatic heterocycles. The fraction of sp³-hybridized carbons (Fsp3) is 0.268. The third kappa shape index (κ3) is 17.4. The zero-order valence-electron chi connectivity index (χ0n) is 41.3. The molecule has 0 bridgehead atoms. The van der Waals surface area contributed by atoms with Gasteiger partial charge in [-0.25, -0.2) is 0 Å². The Morgan fingerprint density at radius 2 is 0.635 bits per heavy atom. The third-order valence-electron chi connectivity index (χ3n) is 11.8. The van der Waals surface area contributed by atoms with Crippen LogP contribution in [-0.4, -0.2) is 36.2 Å². The van der Waals surface area contributed by atoms with Gasteiger partial charge in [-0.3, -0.25) is 24.0 Å². The number of carbonyl (C=O) groups is 5.